The van der Waals surface area contributed by atoms with E-state index in [9.17, 15) is 9.59 Å². The fourth-order valence-corrected chi connectivity index (χ4v) is 8.17. The zero-order chi connectivity index (χ0) is 25.1. The van der Waals surface area contributed by atoms with Crippen molar-refractivity contribution in [3.05, 3.63) is 70.8 Å². The Bertz CT molecular complexity index is 1040. The summed E-state index contributed by atoms with van der Waals surface area (Å²) in [6.07, 6.45) is 4.21. The van der Waals surface area contributed by atoms with Gasteiger partial charge in [0, 0.05) is 11.8 Å². The minimum atomic E-state index is -0.355. The van der Waals surface area contributed by atoms with Crippen LogP contribution in [0.3, 0.4) is 0 Å². The molecule has 4 aliphatic rings. The summed E-state index contributed by atoms with van der Waals surface area (Å²) in [4.78, 5) is 26.5. The van der Waals surface area contributed by atoms with Crippen LogP contribution in [0, 0.1) is 35.5 Å². The van der Waals surface area contributed by atoms with Crippen LogP contribution in [0.1, 0.15) is 97.1 Å². The molecule has 190 valence electrons. The SMILES string of the molecule is CC(C)c1ccc(C(=O)OC2C3CC(C2OC(=O)c2ccc(C(C)C)cc2)C2C4CCC(C4)C32)cc1. The Balaban J connectivity index is 1.24. The van der Waals surface area contributed by atoms with E-state index in [4.69, 9.17) is 9.47 Å². The highest BCUT2D eigenvalue weighted by Gasteiger charge is 2.68. The number of hydrogen-bond acceptors (Lipinski definition) is 4. The third kappa shape index (κ3) is 3.88. The van der Waals surface area contributed by atoms with E-state index >= 15 is 0 Å². The van der Waals surface area contributed by atoms with Crippen LogP contribution in [0.2, 0.25) is 0 Å². The van der Waals surface area contributed by atoms with Gasteiger partial charge in [0.05, 0.1) is 11.1 Å². The van der Waals surface area contributed by atoms with Crippen LogP contribution in [-0.4, -0.2) is 24.1 Å². The molecule has 4 bridgehead atoms. The van der Waals surface area contributed by atoms with Crippen LogP contribution in [0.15, 0.2) is 48.5 Å². The maximum Gasteiger partial charge on any atom is 0.338 e. The largest absolute Gasteiger partial charge is 0.455 e. The molecular weight excluding hydrogens is 448 g/mol. The predicted molar refractivity (Wildman–Crippen MR) is 139 cm³/mol. The van der Waals surface area contributed by atoms with E-state index in [1.54, 1.807) is 0 Å². The lowest BCUT2D eigenvalue weighted by molar-refractivity contribution is -0.0891. The van der Waals surface area contributed by atoms with Crippen molar-refractivity contribution in [1.82, 2.24) is 0 Å². The maximum absolute atomic E-state index is 13.3. The monoisotopic (exact) mass is 486 g/mol. The molecule has 6 rings (SSSR count). The zero-order valence-electron chi connectivity index (χ0n) is 21.9. The Morgan fingerprint density at radius 2 is 1.03 bits per heavy atom. The lowest BCUT2D eigenvalue weighted by atomic mass is 9.69. The minimum Gasteiger partial charge on any atom is -0.455 e. The molecule has 0 radical (unpaired) electrons. The van der Waals surface area contributed by atoms with Crippen LogP contribution >= 0.6 is 0 Å². The Kier molecular flexibility index (Phi) is 5.97. The fourth-order valence-electron chi connectivity index (χ4n) is 8.17. The highest BCUT2D eigenvalue weighted by Crippen LogP contribution is 2.68. The highest BCUT2D eigenvalue weighted by atomic mass is 16.6. The first-order valence-corrected chi connectivity index (χ1v) is 13.9. The Labute approximate surface area is 214 Å². The molecule has 4 nitrogen and oxygen atoms in total. The lowest BCUT2D eigenvalue weighted by Gasteiger charge is -2.42. The number of benzene rings is 2. The van der Waals surface area contributed by atoms with Crippen molar-refractivity contribution in [3.63, 3.8) is 0 Å². The lowest BCUT2D eigenvalue weighted by Crippen LogP contribution is -2.48. The minimum absolute atomic E-state index is 0.301. The summed E-state index contributed by atoms with van der Waals surface area (Å²) in [7, 11) is 0. The predicted octanol–water partition coefficient (Wildman–Crippen LogP) is 7.00. The fraction of sp³-hybridized carbons (Fsp3) is 0.562. The molecule has 36 heavy (non-hydrogen) atoms. The molecule has 4 saturated carbocycles. The molecule has 4 aliphatic carbocycles. The van der Waals surface area contributed by atoms with Gasteiger partial charge in [-0.1, -0.05) is 52.0 Å². The maximum atomic E-state index is 13.3. The van der Waals surface area contributed by atoms with Crippen LogP contribution in [0.5, 0.6) is 0 Å². The van der Waals surface area contributed by atoms with Gasteiger partial charge >= 0.3 is 11.9 Å². The summed E-state index contributed by atoms with van der Waals surface area (Å²) in [5, 5.41) is 0. The second-order valence-electron chi connectivity index (χ2n) is 12.3. The smallest absolute Gasteiger partial charge is 0.338 e. The van der Waals surface area contributed by atoms with Crippen molar-refractivity contribution < 1.29 is 19.1 Å². The molecule has 0 spiro atoms. The molecule has 4 fully saturated rings. The van der Waals surface area contributed by atoms with E-state index in [0.717, 1.165) is 18.3 Å². The van der Waals surface area contributed by atoms with Gasteiger partial charge in [0.2, 0.25) is 0 Å². The second kappa shape index (κ2) is 9.04. The molecule has 2 aromatic rings. The standard InChI is InChI=1S/C32H38O4/c1-17(2)19-5-9-21(10-6-19)31(33)35-29-25-16-26(28-24-14-13-23(15-24)27(25)28)30(29)36-32(34)22-11-7-20(8-12-22)18(3)4/h5-12,17-18,23-30H,13-16H2,1-4H3. The van der Waals surface area contributed by atoms with Gasteiger partial charge in [-0.3, -0.25) is 0 Å². The zero-order valence-corrected chi connectivity index (χ0v) is 21.9. The van der Waals surface area contributed by atoms with Crippen LogP contribution in [0.25, 0.3) is 0 Å². The summed E-state index contributed by atoms with van der Waals surface area (Å²) < 4.78 is 12.5. The van der Waals surface area contributed by atoms with E-state index in [1.165, 1.54) is 30.4 Å². The van der Waals surface area contributed by atoms with E-state index < -0.39 is 0 Å². The quantitative estimate of drug-likeness (QED) is 0.326. The summed E-state index contributed by atoms with van der Waals surface area (Å²) in [6.45, 7) is 8.57. The normalized spacial score (nSPS) is 33.8. The first-order chi connectivity index (χ1) is 17.3. The number of carbonyl (C=O) groups excluding carboxylic acids is 2. The van der Waals surface area contributed by atoms with Crippen molar-refractivity contribution in [2.45, 2.75) is 77.4 Å². The van der Waals surface area contributed by atoms with Gasteiger partial charge < -0.3 is 9.47 Å². The molecule has 0 heterocycles. The Morgan fingerprint density at radius 1 is 0.639 bits per heavy atom. The van der Waals surface area contributed by atoms with E-state index in [2.05, 4.69) is 27.7 Å². The molecule has 0 aromatic heterocycles. The molecule has 4 heteroatoms. The molecule has 8 unspecified atom stereocenters. The molecule has 8 atom stereocenters. The topological polar surface area (TPSA) is 52.6 Å². The van der Waals surface area contributed by atoms with Crippen LogP contribution in [-0.2, 0) is 9.47 Å². The number of ether oxygens (including phenoxy) is 2. The van der Waals surface area contributed by atoms with Gasteiger partial charge in [-0.2, -0.15) is 0 Å². The number of hydrogen-bond donors (Lipinski definition) is 0. The van der Waals surface area contributed by atoms with Crippen molar-refractivity contribution in [3.8, 4) is 0 Å². The summed E-state index contributed by atoms with van der Waals surface area (Å²) in [6, 6.07) is 15.5. The first-order valence-electron chi connectivity index (χ1n) is 13.9. The van der Waals surface area contributed by atoms with Gasteiger partial charge in [-0.25, -0.2) is 9.59 Å². The van der Waals surface area contributed by atoms with Crippen LogP contribution in [0.4, 0.5) is 0 Å². The Morgan fingerprint density at radius 3 is 1.39 bits per heavy atom. The van der Waals surface area contributed by atoms with Crippen molar-refractivity contribution in [2.75, 3.05) is 0 Å². The number of rotatable bonds is 6. The second-order valence-corrected chi connectivity index (χ2v) is 12.3. The summed E-state index contributed by atoms with van der Waals surface area (Å²) in [5.74, 6) is 3.57. The summed E-state index contributed by atoms with van der Waals surface area (Å²) in [5.41, 5.74) is 3.54. The molecular formula is C32H38O4. The van der Waals surface area contributed by atoms with Gasteiger partial charge in [-0.05, 0) is 96.6 Å². The van der Waals surface area contributed by atoms with Crippen LogP contribution < -0.4 is 0 Å². The summed E-state index contributed by atoms with van der Waals surface area (Å²) >= 11 is 0. The van der Waals surface area contributed by atoms with E-state index in [-0.39, 0.29) is 24.1 Å². The number of fused-ring (bicyclic) bond motifs is 9. The molecule has 0 aliphatic heterocycles. The first kappa shape index (κ1) is 23.8. The van der Waals surface area contributed by atoms with Crippen molar-refractivity contribution >= 4 is 11.9 Å². The average Bonchev–Trinajstić information content (AvgIpc) is 3.65. The van der Waals surface area contributed by atoms with E-state index in [0.29, 0.717) is 46.6 Å². The Hall–Kier alpha value is -2.62. The van der Waals surface area contributed by atoms with Gasteiger partial charge in [0.25, 0.3) is 0 Å². The van der Waals surface area contributed by atoms with Gasteiger partial charge in [-0.15, -0.1) is 0 Å². The molecule has 2 aromatic carbocycles. The van der Waals surface area contributed by atoms with Gasteiger partial charge in [0.1, 0.15) is 12.2 Å². The third-order valence-corrected chi connectivity index (χ3v) is 9.86. The highest BCUT2D eigenvalue weighted by molar-refractivity contribution is 5.90. The third-order valence-electron chi connectivity index (χ3n) is 9.86. The molecule has 0 N–H and O–H groups in total. The van der Waals surface area contributed by atoms with Crippen molar-refractivity contribution in [1.29, 1.82) is 0 Å². The average molecular weight is 487 g/mol. The molecule has 0 amide bonds. The number of esters is 2. The van der Waals surface area contributed by atoms with E-state index in [1.807, 2.05) is 48.5 Å². The molecule has 0 saturated heterocycles. The van der Waals surface area contributed by atoms with Crippen molar-refractivity contribution in [2.24, 2.45) is 35.5 Å². The van der Waals surface area contributed by atoms with Gasteiger partial charge in [0.15, 0.2) is 0 Å². The number of carbonyl (C=O) groups is 2.